The van der Waals surface area contributed by atoms with E-state index in [-0.39, 0.29) is 6.04 Å². The van der Waals surface area contributed by atoms with Gasteiger partial charge in [0.2, 0.25) is 0 Å². The SMILES string of the molecule is CC1CC2c3c(ncnc3N1C)C(N)=NN2C. The van der Waals surface area contributed by atoms with Gasteiger partial charge in [-0.25, -0.2) is 9.97 Å². The van der Waals surface area contributed by atoms with Crippen LogP contribution in [0.3, 0.4) is 0 Å². The first-order chi connectivity index (χ1) is 8.09. The lowest BCUT2D eigenvalue weighted by atomic mass is 9.92. The Labute approximate surface area is 100 Å². The molecule has 0 aromatic carbocycles. The highest BCUT2D eigenvalue weighted by atomic mass is 15.5. The van der Waals surface area contributed by atoms with Gasteiger partial charge >= 0.3 is 0 Å². The second-order valence-electron chi connectivity index (χ2n) is 4.73. The first kappa shape index (κ1) is 10.3. The van der Waals surface area contributed by atoms with Gasteiger partial charge in [0, 0.05) is 25.7 Å². The third-order valence-corrected chi connectivity index (χ3v) is 3.71. The summed E-state index contributed by atoms with van der Waals surface area (Å²) in [6.07, 6.45) is 2.57. The van der Waals surface area contributed by atoms with Gasteiger partial charge in [0.25, 0.3) is 0 Å². The minimum absolute atomic E-state index is 0.236. The molecule has 0 amide bonds. The van der Waals surface area contributed by atoms with Crippen LogP contribution >= 0.6 is 0 Å². The average molecular weight is 232 g/mol. The third-order valence-electron chi connectivity index (χ3n) is 3.71. The maximum Gasteiger partial charge on any atom is 0.170 e. The number of nitrogens with two attached hydrogens (primary N) is 1. The van der Waals surface area contributed by atoms with Crippen molar-refractivity contribution in [2.75, 3.05) is 19.0 Å². The van der Waals surface area contributed by atoms with Crippen LogP contribution in [0.5, 0.6) is 0 Å². The van der Waals surface area contributed by atoms with E-state index in [0.29, 0.717) is 11.9 Å². The molecule has 0 radical (unpaired) electrons. The Balaban J connectivity index is 2.25. The topological polar surface area (TPSA) is 70.6 Å². The molecule has 2 atom stereocenters. The number of amidine groups is 1. The van der Waals surface area contributed by atoms with Crippen LogP contribution in [-0.2, 0) is 0 Å². The molecule has 0 fully saturated rings. The number of hydrogen-bond donors (Lipinski definition) is 1. The second kappa shape index (κ2) is 3.32. The number of rotatable bonds is 0. The van der Waals surface area contributed by atoms with E-state index in [1.165, 1.54) is 0 Å². The number of hydrazone groups is 1. The van der Waals surface area contributed by atoms with E-state index in [0.717, 1.165) is 23.5 Å². The van der Waals surface area contributed by atoms with Gasteiger partial charge < -0.3 is 10.6 Å². The van der Waals surface area contributed by atoms with Gasteiger partial charge in [-0.2, -0.15) is 5.10 Å². The first-order valence-corrected chi connectivity index (χ1v) is 5.74. The highest BCUT2D eigenvalue weighted by Gasteiger charge is 2.37. The lowest BCUT2D eigenvalue weighted by Gasteiger charge is -2.42. The number of hydrogen-bond acceptors (Lipinski definition) is 6. The Kier molecular flexibility index (Phi) is 2.01. The quantitative estimate of drug-likeness (QED) is 0.697. The normalized spacial score (nSPS) is 26.6. The summed E-state index contributed by atoms with van der Waals surface area (Å²) in [6, 6.07) is 0.673. The summed E-state index contributed by atoms with van der Waals surface area (Å²) in [6.45, 7) is 2.19. The Bertz CT molecular complexity index is 497. The third kappa shape index (κ3) is 1.30. The van der Waals surface area contributed by atoms with Crippen molar-refractivity contribution in [1.29, 1.82) is 0 Å². The molecule has 1 aromatic rings. The number of nitrogens with zero attached hydrogens (tertiary/aromatic N) is 5. The maximum absolute atomic E-state index is 5.93. The van der Waals surface area contributed by atoms with Crippen LogP contribution in [-0.4, -0.2) is 40.9 Å². The van der Waals surface area contributed by atoms with Crippen molar-refractivity contribution >= 4 is 11.7 Å². The van der Waals surface area contributed by atoms with Crippen LogP contribution in [0.25, 0.3) is 0 Å². The van der Waals surface area contributed by atoms with Crippen LogP contribution in [0.4, 0.5) is 5.82 Å². The summed E-state index contributed by atoms with van der Waals surface area (Å²) < 4.78 is 0. The highest BCUT2D eigenvalue weighted by Crippen LogP contribution is 2.40. The van der Waals surface area contributed by atoms with Crippen LogP contribution in [0.1, 0.15) is 30.6 Å². The number of aromatic nitrogens is 2. The summed E-state index contributed by atoms with van der Waals surface area (Å²) in [5.74, 6) is 1.45. The minimum Gasteiger partial charge on any atom is -0.380 e. The Morgan fingerprint density at radius 1 is 1.35 bits per heavy atom. The predicted molar refractivity (Wildman–Crippen MR) is 65.7 cm³/mol. The lowest BCUT2D eigenvalue weighted by Crippen LogP contribution is -2.44. The Hall–Kier alpha value is -1.85. The molecule has 2 aliphatic heterocycles. The molecule has 0 saturated heterocycles. The highest BCUT2D eigenvalue weighted by molar-refractivity contribution is 5.98. The van der Waals surface area contributed by atoms with Crippen LogP contribution in [0, 0.1) is 0 Å². The fourth-order valence-electron chi connectivity index (χ4n) is 2.61. The van der Waals surface area contributed by atoms with E-state index in [4.69, 9.17) is 5.73 Å². The van der Waals surface area contributed by atoms with Gasteiger partial charge in [0.1, 0.15) is 17.8 Å². The molecule has 6 nitrogen and oxygen atoms in total. The Morgan fingerprint density at radius 3 is 2.88 bits per heavy atom. The molecule has 3 rings (SSSR count). The average Bonchev–Trinajstić information content (AvgIpc) is 2.31. The zero-order chi connectivity index (χ0) is 12.2. The number of anilines is 1. The zero-order valence-corrected chi connectivity index (χ0v) is 10.3. The first-order valence-electron chi connectivity index (χ1n) is 5.74. The molecule has 0 saturated carbocycles. The molecule has 1 aromatic heterocycles. The van der Waals surface area contributed by atoms with Crippen LogP contribution in [0.2, 0.25) is 0 Å². The molecule has 3 heterocycles. The van der Waals surface area contributed by atoms with Gasteiger partial charge in [-0.05, 0) is 13.3 Å². The van der Waals surface area contributed by atoms with Crippen molar-refractivity contribution in [2.45, 2.75) is 25.4 Å². The zero-order valence-electron chi connectivity index (χ0n) is 10.3. The van der Waals surface area contributed by atoms with Crippen molar-refractivity contribution in [3.63, 3.8) is 0 Å². The monoisotopic (exact) mass is 232 g/mol. The van der Waals surface area contributed by atoms with Crippen molar-refractivity contribution in [3.8, 4) is 0 Å². The Morgan fingerprint density at radius 2 is 2.12 bits per heavy atom. The molecule has 2 unspecified atom stereocenters. The molecule has 0 spiro atoms. The van der Waals surface area contributed by atoms with E-state index in [1.54, 1.807) is 6.33 Å². The van der Waals surface area contributed by atoms with Gasteiger partial charge in [0.05, 0.1) is 6.04 Å². The molecule has 6 heteroatoms. The van der Waals surface area contributed by atoms with E-state index in [2.05, 4.69) is 33.9 Å². The van der Waals surface area contributed by atoms with Crippen molar-refractivity contribution in [2.24, 2.45) is 10.8 Å². The van der Waals surface area contributed by atoms with Gasteiger partial charge in [-0.15, -0.1) is 0 Å². The summed E-state index contributed by atoms with van der Waals surface area (Å²) in [5.41, 5.74) is 7.83. The lowest BCUT2D eigenvalue weighted by molar-refractivity contribution is 0.218. The van der Waals surface area contributed by atoms with Crippen molar-refractivity contribution in [3.05, 3.63) is 17.6 Å². The summed E-state index contributed by atoms with van der Waals surface area (Å²) >= 11 is 0. The second-order valence-corrected chi connectivity index (χ2v) is 4.73. The van der Waals surface area contributed by atoms with Crippen molar-refractivity contribution in [1.82, 2.24) is 15.0 Å². The predicted octanol–water partition coefficient (Wildman–Crippen LogP) is 0.312. The van der Waals surface area contributed by atoms with E-state index >= 15 is 0 Å². The molecular formula is C11H16N6. The van der Waals surface area contributed by atoms with Crippen LogP contribution < -0.4 is 10.6 Å². The standard InChI is InChI=1S/C11H16N6/c1-6-4-7-8-9(10(12)15-17(7)3)13-5-14-11(8)16(6)2/h5-7H,4H2,1-3H3,(H2,12,15). The molecular weight excluding hydrogens is 216 g/mol. The molecule has 90 valence electrons. The van der Waals surface area contributed by atoms with Gasteiger partial charge in [0.15, 0.2) is 5.84 Å². The fraction of sp³-hybridized carbons (Fsp3) is 0.545. The summed E-state index contributed by atoms with van der Waals surface area (Å²) in [7, 11) is 4.01. The fourth-order valence-corrected chi connectivity index (χ4v) is 2.61. The minimum atomic E-state index is 0.236. The molecule has 2 aliphatic rings. The largest absolute Gasteiger partial charge is 0.380 e. The maximum atomic E-state index is 5.93. The van der Waals surface area contributed by atoms with E-state index in [9.17, 15) is 0 Å². The van der Waals surface area contributed by atoms with Crippen molar-refractivity contribution < 1.29 is 0 Å². The van der Waals surface area contributed by atoms with Crippen LogP contribution in [0.15, 0.2) is 11.4 Å². The van der Waals surface area contributed by atoms with E-state index < -0.39 is 0 Å². The molecule has 0 bridgehead atoms. The molecule has 2 N–H and O–H groups in total. The summed E-state index contributed by atoms with van der Waals surface area (Å²) in [4.78, 5) is 10.8. The van der Waals surface area contributed by atoms with Gasteiger partial charge in [-0.3, -0.25) is 5.01 Å². The van der Waals surface area contributed by atoms with E-state index in [1.807, 2.05) is 12.1 Å². The molecule has 17 heavy (non-hydrogen) atoms. The summed E-state index contributed by atoms with van der Waals surface area (Å²) in [5, 5.41) is 6.25. The smallest absolute Gasteiger partial charge is 0.170 e. The molecule has 0 aliphatic carbocycles. The van der Waals surface area contributed by atoms with Gasteiger partial charge in [-0.1, -0.05) is 0 Å².